The molecule has 0 aromatic carbocycles. The van der Waals surface area contributed by atoms with Crippen molar-refractivity contribution in [2.75, 3.05) is 26.2 Å². The number of amides is 2. The highest BCUT2D eigenvalue weighted by Gasteiger charge is 2.29. The summed E-state index contributed by atoms with van der Waals surface area (Å²) in [5, 5.41) is 2.93. The summed E-state index contributed by atoms with van der Waals surface area (Å²) < 4.78 is 27.2. The predicted octanol–water partition coefficient (Wildman–Crippen LogP) is 2.26. The van der Waals surface area contributed by atoms with Crippen molar-refractivity contribution >= 4 is 27.4 Å². The molecule has 8 heteroatoms. The maximum Gasteiger partial charge on any atom is 0.317 e. The predicted molar refractivity (Wildman–Crippen MR) is 92.3 cm³/mol. The largest absolute Gasteiger partial charge is 0.333 e. The Morgan fingerprint density at radius 2 is 1.87 bits per heavy atom. The molecule has 1 saturated heterocycles. The highest BCUT2D eigenvalue weighted by Crippen LogP contribution is 2.25. The second-order valence-corrected chi connectivity index (χ2v) is 10.2. The van der Waals surface area contributed by atoms with E-state index in [9.17, 15) is 13.2 Å². The van der Waals surface area contributed by atoms with Gasteiger partial charge in [-0.05, 0) is 46.2 Å². The van der Waals surface area contributed by atoms with E-state index in [1.54, 1.807) is 11.0 Å². The number of nitrogens with zero attached hydrogens (tertiary/aromatic N) is 2. The van der Waals surface area contributed by atoms with Crippen LogP contribution in [0.4, 0.5) is 4.79 Å². The van der Waals surface area contributed by atoms with Crippen LogP contribution in [-0.2, 0) is 10.0 Å². The average molecular weight is 360 g/mol. The fraction of sp³-hybridized carbons (Fsp3) is 0.667. The van der Waals surface area contributed by atoms with Gasteiger partial charge < -0.3 is 10.2 Å². The third-order valence-electron chi connectivity index (χ3n) is 3.53. The molecule has 0 saturated carbocycles. The van der Waals surface area contributed by atoms with Gasteiger partial charge in [0.25, 0.3) is 10.0 Å². The smallest absolute Gasteiger partial charge is 0.317 e. The first-order valence-corrected chi connectivity index (χ1v) is 9.99. The molecule has 1 aromatic rings. The van der Waals surface area contributed by atoms with E-state index in [1.807, 2.05) is 33.8 Å². The van der Waals surface area contributed by atoms with Gasteiger partial charge in [-0.3, -0.25) is 0 Å². The molecular formula is C15H25N3O3S2. The normalized spacial score (nSPS) is 17.8. The van der Waals surface area contributed by atoms with E-state index in [0.29, 0.717) is 36.8 Å². The van der Waals surface area contributed by atoms with E-state index in [1.165, 1.54) is 15.6 Å². The van der Waals surface area contributed by atoms with Crippen molar-refractivity contribution in [2.45, 2.75) is 43.9 Å². The molecule has 2 amide bonds. The van der Waals surface area contributed by atoms with Gasteiger partial charge in [0.2, 0.25) is 0 Å². The maximum absolute atomic E-state index is 12.7. The quantitative estimate of drug-likeness (QED) is 0.880. The van der Waals surface area contributed by atoms with Gasteiger partial charge in [0.15, 0.2) is 0 Å². The summed E-state index contributed by atoms with van der Waals surface area (Å²) in [7, 11) is -3.46. The highest BCUT2D eigenvalue weighted by atomic mass is 32.2. The third kappa shape index (κ3) is 4.68. The molecule has 1 aliphatic heterocycles. The SMILES string of the molecule is Cc1ccc(S(=O)(=O)N2CCCN(C(=O)NC(C)(C)C)CC2)s1. The van der Waals surface area contributed by atoms with Gasteiger partial charge in [-0.2, -0.15) is 4.31 Å². The Hall–Kier alpha value is -1.12. The van der Waals surface area contributed by atoms with Crippen LogP contribution < -0.4 is 5.32 Å². The summed E-state index contributed by atoms with van der Waals surface area (Å²) in [6, 6.07) is 3.34. The van der Waals surface area contributed by atoms with Gasteiger partial charge >= 0.3 is 6.03 Å². The first-order valence-electron chi connectivity index (χ1n) is 7.73. The standard InChI is InChI=1S/C15H25N3O3S2/c1-12-6-7-13(22-12)23(20,21)18-9-5-8-17(10-11-18)14(19)16-15(2,3)4/h6-7H,5,8-11H2,1-4H3,(H,16,19). The van der Waals surface area contributed by atoms with Crippen LogP contribution in [0.2, 0.25) is 0 Å². The number of thiophene rings is 1. The minimum Gasteiger partial charge on any atom is -0.333 e. The van der Waals surface area contributed by atoms with E-state index in [-0.39, 0.29) is 11.6 Å². The minimum absolute atomic E-state index is 0.135. The van der Waals surface area contributed by atoms with Gasteiger partial charge in [-0.1, -0.05) is 0 Å². The van der Waals surface area contributed by atoms with Crippen LogP contribution in [0.3, 0.4) is 0 Å². The number of hydrogen-bond acceptors (Lipinski definition) is 4. The molecule has 0 radical (unpaired) electrons. The highest BCUT2D eigenvalue weighted by molar-refractivity contribution is 7.91. The molecule has 2 rings (SSSR count). The van der Waals surface area contributed by atoms with Crippen LogP contribution >= 0.6 is 11.3 Å². The molecular weight excluding hydrogens is 334 g/mol. The van der Waals surface area contributed by atoms with E-state index in [4.69, 9.17) is 0 Å². The number of hydrogen-bond donors (Lipinski definition) is 1. The minimum atomic E-state index is -3.46. The lowest BCUT2D eigenvalue weighted by Gasteiger charge is -2.27. The van der Waals surface area contributed by atoms with Gasteiger partial charge in [0, 0.05) is 36.6 Å². The van der Waals surface area contributed by atoms with Crippen molar-refractivity contribution in [3.05, 3.63) is 17.0 Å². The van der Waals surface area contributed by atoms with Crippen molar-refractivity contribution in [1.82, 2.24) is 14.5 Å². The zero-order valence-electron chi connectivity index (χ0n) is 14.1. The second kappa shape index (κ2) is 6.78. The van der Waals surface area contributed by atoms with Crippen LogP contribution in [0.15, 0.2) is 16.3 Å². The molecule has 0 spiro atoms. The zero-order chi connectivity index (χ0) is 17.3. The first-order chi connectivity index (χ1) is 10.6. The summed E-state index contributed by atoms with van der Waals surface area (Å²) in [6.07, 6.45) is 0.640. The van der Waals surface area contributed by atoms with Crippen molar-refractivity contribution < 1.29 is 13.2 Å². The molecule has 0 aliphatic carbocycles. The second-order valence-electron chi connectivity index (χ2n) is 6.79. The third-order valence-corrected chi connectivity index (χ3v) is 6.90. The molecule has 1 fully saturated rings. The maximum atomic E-state index is 12.7. The first kappa shape index (κ1) is 18.2. The summed E-state index contributed by atoms with van der Waals surface area (Å²) in [5.41, 5.74) is -0.302. The van der Waals surface area contributed by atoms with Crippen LogP contribution in [0.25, 0.3) is 0 Å². The fourth-order valence-electron chi connectivity index (χ4n) is 2.42. The lowest BCUT2D eigenvalue weighted by molar-refractivity contribution is 0.191. The molecule has 6 nitrogen and oxygen atoms in total. The number of carbonyl (C=O) groups excluding carboxylic acids is 1. The molecule has 2 heterocycles. The lowest BCUT2D eigenvalue weighted by atomic mass is 10.1. The Kier molecular flexibility index (Phi) is 5.37. The van der Waals surface area contributed by atoms with Crippen LogP contribution in [0, 0.1) is 6.92 Å². The number of carbonyl (C=O) groups is 1. The number of rotatable bonds is 2. The number of urea groups is 1. The Morgan fingerprint density at radius 1 is 1.17 bits per heavy atom. The molecule has 1 aliphatic rings. The fourth-order valence-corrected chi connectivity index (χ4v) is 5.32. The molecule has 1 N–H and O–H groups in total. The summed E-state index contributed by atoms with van der Waals surface area (Å²) in [6.45, 7) is 9.43. The molecule has 0 atom stereocenters. The van der Waals surface area contributed by atoms with Gasteiger partial charge in [-0.15, -0.1) is 11.3 Å². The van der Waals surface area contributed by atoms with Gasteiger partial charge in [0.1, 0.15) is 4.21 Å². The average Bonchev–Trinajstić information content (AvgIpc) is 2.72. The Balaban J connectivity index is 2.05. The Morgan fingerprint density at radius 3 is 2.43 bits per heavy atom. The van der Waals surface area contributed by atoms with E-state index in [0.717, 1.165) is 4.88 Å². The summed E-state index contributed by atoms with van der Waals surface area (Å²) in [5.74, 6) is 0. The van der Waals surface area contributed by atoms with Gasteiger partial charge in [0.05, 0.1) is 0 Å². The molecule has 0 bridgehead atoms. The Labute approximate surface area is 142 Å². The van der Waals surface area contributed by atoms with Crippen molar-refractivity contribution in [2.24, 2.45) is 0 Å². The number of nitrogens with one attached hydrogen (secondary N) is 1. The van der Waals surface area contributed by atoms with E-state index < -0.39 is 10.0 Å². The monoisotopic (exact) mass is 359 g/mol. The molecule has 23 heavy (non-hydrogen) atoms. The Bertz CT molecular complexity index is 662. The van der Waals surface area contributed by atoms with E-state index >= 15 is 0 Å². The summed E-state index contributed by atoms with van der Waals surface area (Å²) in [4.78, 5) is 14.9. The van der Waals surface area contributed by atoms with E-state index in [2.05, 4.69) is 5.32 Å². The van der Waals surface area contributed by atoms with Crippen LogP contribution in [-0.4, -0.2) is 55.4 Å². The molecule has 0 unspecified atom stereocenters. The van der Waals surface area contributed by atoms with Crippen molar-refractivity contribution in [3.8, 4) is 0 Å². The van der Waals surface area contributed by atoms with Gasteiger partial charge in [-0.25, -0.2) is 13.2 Å². The molecule has 130 valence electrons. The van der Waals surface area contributed by atoms with Crippen LogP contribution in [0.1, 0.15) is 32.1 Å². The summed E-state index contributed by atoms with van der Waals surface area (Å²) >= 11 is 1.29. The van der Waals surface area contributed by atoms with Crippen molar-refractivity contribution in [1.29, 1.82) is 0 Å². The number of sulfonamides is 1. The van der Waals surface area contributed by atoms with Crippen LogP contribution in [0.5, 0.6) is 0 Å². The van der Waals surface area contributed by atoms with Crippen molar-refractivity contribution in [3.63, 3.8) is 0 Å². The number of aryl methyl sites for hydroxylation is 1. The lowest BCUT2D eigenvalue weighted by Crippen LogP contribution is -2.49. The topological polar surface area (TPSA) is 69.7 Å². The molecule has 1 aromatic heterocycles. The zero-order valence-corrected chi connectivity index (χ0v) is 15.8.